The molecular weight excluding hydrogens is 104 g/mol. The summed E-state index contributed by atoms with van der Waals surface area (Å²) < 4.78 is 0. The lowest BCUT2D eigenvalue weighted by molar-refractivity contribution is -0.120. The number of hydrogen-bond acceptors (Lipinski definition) is 2. The van der Waals surface area contributed by atoms with Crippen molar-refractivity contribution in [2.75, 3.05) is 7.05 Å². The van der Waals surface area contributed by atoms with Crippen LogP contribution >= 0.6 is 0 Å². The molecule has 0 unspecified atom stereocenters. The molecule has 0 heterocycles. The molecule has 0 radical (unpaired) electrons. The van der Waals surface area contributed by atoms with Crippen molar-refractivity contribution in [2.24, 2.45) is 5.73 Å². The number of amides is 1. The Morgan fingerprint density at radius 1 is 1.88 bits per heavy atom. The summed E-state index contributed by atoms with van der Waals surface area (Å²) in [6.07, 6.45) is 0.413. The normalized spacial score (nSPS) is 12.9. The molecule has 3 heteroatoms. The first-order valence-corrected chi connectivity index (χ1v) is 2.63. The van der Waals surface area contributed by atoms with E-state index >= 15 is 0 Å². The van der Waals surface area contributed by atoms with Crippen LogP contribution in [0.15, 0.2) is 0 Å². The van der Waals surface area contributed by atoms with Crippen LogP contribution in [0.2, 0.25) is 0 Å². The van der Waals surface area contributed by atoms with Gasteiger partial charge >= 0.3 is 0 Å². The van der Waals surface area contributed by atoms with Gasteiger partial charge in [-0.1, -0.05) is 0 Å². The van der Waals surface area contributed by atoms with Crippen LogP contribution in [0.3, 0.4) is 0 Å². The smallest absolute Gasteiger partial charge is 0.221 e. The number of hydrogen-bond donors (Lipinski definition) is 2. The van der Waals surface area contributed by atoms with E-state index in [2.05, 4.69) is 5.32 Å². The number of nitrogens with one attached hydrogen (secondary N) is 1. The lowest BCUT2D eigenvalue weighted by Gasteiger charge is -2.00. The van der Waals surface area contributed by atoms with E-state index in [1.165, 1.54) is 0 Å². The second-order valence-corrected chi connectivity index (χ2v) is 1.85. The Labute approximate surface area is 49.3 Å². The molecular formula is C5H12N2O. The predicted molar refractivity (Wildman–Crippen MR) is 32.3 cm³/mol. The van der Waals surface area contributed by atoms with E-state index in [1.54, 1.807) is 14.0 Å². The molecule has 3 N–H and O–H groups in total. The lowest BCUT2D eigenvalue weighted by Crippen LogP contribution is -2.26. The highest BCUT2D eigenvalue weighted by Crippen LogP contribution is 1.82. The van der Waals surface area contributed by atoms with Crippen molar-refractivity contribution >= 4 is 5.91 Å². The molecule has 0 aliphatic heterocycles. The van der Waals surface area contributed by atoms with Gasteiger partial charge in [-0.25, -0.2) is 0 Å². The number of carbonyl (C=O) groups excluding carboxylic acids is 1. The molecule has 0 aromatic heterocycles. The third-order valence-corrected chi connectivity index (χ3v) is 0.786. The van der Waals surface area contributed by atoms with Crippen molar-refractivity contribution in [1.82, 2.24) is 5.32 Å². The fraction of sp³-hybridized carbons (Fsp3) is 0.800. The van der Waals surface area contributed by atoms with E-state index in [1.807, 2.05) is 0 Å². The molecule has 0 fully saturated rings. The Morgan fingerprint density at radius 2 is 2.38 bits per heavy atom. The molecule has 3 nitrogen and oxygen atoms in total. The Kier molecular flexibility index (Phi) is 3.19. The van der Waals surface area contributed by atoms with Crippen LogP contribution in [0.4, 0.5) is 0 Å². The third-order valence-electron chi connectivity index (χ3n) is 0.786. The molecule has 0 aromatic rings. The van der Waals surface area contributed by atoms with Crippen molar-refractivity contribution in [1.29, 1.82) is 0 Å². The van der Waals surface area contributed by atoms with Crippen LogP contribution in [0, 0.1) is 0 Å². The standard InChI is InChI=1S/C5H12N2O/c1-4(6)3-5(8)7-2/h4H,3,6H2,1-2H3,(H,7,8)/t4-/m0/s1. The van der Waals surface area contributed by atoms with Gasteiger partial charge < -0.3 is 11.1 Å². The Morgan fingerprint density at radius 3 is 2.50 bits per heavy atom. The molecule has 1 amide bonds. The second kappa shape index (κ2) is 3.43. The highest BCUT2D eigenvalue weighted by atomic mass is 16.1. The van der Waals surface area contributed by atoms with E-state index in [4.69, 9.17) is 5.73 Å². The summed E-state index contributed by atoms with van der Waals surface area (Å²) >= 11 is 0. The monoisotopic (exact) mass is 116 g/mol. The summed E-state index contributed by atoms with van der Waals surface area (Å²) in [5.41, 5.74) is 5.31. The topological polar surface area (TPSA) is 55.1 Å². The molecule has 0 aliphatic rings. The van der Waals surface area contributed by atoms with Gasteiger partial charge in [0, 0.05) is 19.5 Å². The van der Waals surface area contributed by atoms with Gasteiger partial charge in [-0.15, -0.1) is 0 Å². The van der Waals surface area contributed by atoms with Crippen molar-refractivity contribution < 1.29 is 4.79 Å². The van der Waals surface area contributed by atoms with Crippen LogP contribution in [0.25, 0.3) is 0 Å². The maximum atomic E-state index is 10.4. The summed E-state index contributed by atoms with van der Waals surface area (Å²) in [4.78, 5) is 10.4. The van der Waals surface area contributed by atoms with Crippen LogP contribution in [0.1, 0.15) is 13.3 Å². The Hall–Kier alpha value is -0.570. The molecule has 0 rings (SSSR count). The molecule has 48 valence electrons. The minimum Gasteiger partial charge on any atom is -0.359 e. The van der Waals surface area contributed by atoms with E-state index in [-0.39, 0.29) is 11.9 Å². The summed E-state index contributed by atoms with van der Waals surface area (Å²) in [6.45, 7) is 1.80. The molecule has 0 aliphatic carbocycles. The van der Waals surface area contributed by atoms with Crippen LogP contribution in [-0.2, 0) is 4.79 Å². The fourth-order valence-electron chi connectivity index (χ4n) is 0.394. The van der Waals surface area contributed by atoms with E-state index in [0.29, 0.717) is 6.42 Å². The quantitative estimate of drug-likeness (QED) is 0.509. The van der Waals surface area contributed by atoms with Crippen molar-refractivity contribution in [3.8, 4) is 0 Å². The highest BCUT2D eigenvalue weighted by Gasteiger charge is 1.99. The van der Waals surface area contributed by atoms with Gasteiger partial charge in [-0.3, -0.25) is 4.79 Å². The van der Waals surface area contributed by atoms with Crippen molar-refractivity contribution in [3.63, 3.8) is 0 Å². The maximum Gasteiger partial charge on any atom is 0.221 e. The molecule has 0 bridgehead atoms. The molecule has 0 spiro atoms. The van der Waals surface area contributed by atoms with Gasteiger partial charge in [0.25, 0.3) is 0 Å². The van der Waals surface area contributed by atoms with E-state index < -0.39 is 0 Å². The first kappa shape index (κ1) is 7.43. The van der Waals surface area contributed by atoms with Crippen LogP contribution in [0.5, 0.6) is 0 Å². The van der Waals surface area contributed by atoms with Crippen LogP contribution < -0.4 is 11.1 Å². The first-order chi connectivity index (χ1) is 3.66. The average Bonchev–Trinajstić information content (AvgIpc) is 1.65. The van der Waals surface area contributed by atoms with E-state index in [9.17, 15) is 4.79 Å². The Bertz CT molecular complexity index is 80.5. The molecule has 0 saturated carbocycles. The fourth-order valence-corrected chi connectivity index (χ4v) is 0.394. The van der Waals surface area contributed by atoms with Crippen molar-refractivity contribution in [3.05, 3.63) is 0 Å². The number of rotatable bonds is 2. The number of nitrogens with two attached hydrogens (primary N) is 1. The highest BCUT2D eigenvalue weighted by molar-refractivity contribution is 5.76. The zero-order chi connectivity index (χ0) is 6.57. The Balaban J connectivity index is 3.25. The second-order valence-electron chi connectivity index (χ2n) is 1.85. The van der Waals surface area contributed by atoms with Crippen LogP contribution in [-0.4, -0.2) is 19.0 Å². The first-order valence-electron chi connectivity index (χ1n) is 2.63. The molecule has 1 atom stereocenters. The molecule has 8 heavy (non-hydrogen) atoms. The minimum atomic E-state index is -0.0325. The summed E-state index contributed by atoms with van der Waals surface area (Å²) in [5.74, 6) is 0.000000000000000222. The lowest BCUT2D eigenvalue weighted by atomic mass is 10.2. The maximum absolute atomic E-state index is 10.4. The van der Waals surface area contributed by atoms with Gasteiger partial charge in [0.2, 0.25) is 5.91 Å². The van der Waals surface area contributed by atoms with Gasteiger partial charge in [0.15, 0.2) is 0 Å². The number of carbonyl (C=O) groups is 1. The molecule has 0 aromatic carbocycles. The SMILES string of the molecule is CNC(=O)C[C@H](C)N. The third kappa shape index (κ3) is 3.61. The summed E-state index contributed by atoms with van der Waals surface area (Å²) in [5, 5.41) is 2.48. The van der Waals surface area contributed by atoms with Gasteiger partial charge in [0.1, 0.15) is 0 Å². The van der Waals surface area contributed by atoms with Gasteiger partial charge in [0.05, 0.1) is 0 Å². The molecule has 0 saturated heterocycles. The average molecular weight is 116 g/mol. The largest absolute Gasteiger partial charge is 0.359 e. The summed E-state index contributed by atoms with van der Waals surface area (Å²) in [6, 6.07) is -0.0325. The zero-order valence-electron chi connectivity index (χ0n) is 5.27. The van der Waals surface area contributed by atoms with Gasteiger partial charge in [-0.05, 0) is 6.92 Å². The summed E-state index contributed by atoms with van der Waals surface area (Å²) in [7, 11) is 1.60. The predicted octanol–water partition coefficient (Wildman–Crippen LogP) is -0.530. The van der Waals surface area contributed by atoms with Gasteiger partial charge in [-0.2, -0.15) is 0 Å². The zero-order valence-corrected chi connectivity index (χ0v) is 5.27. The van der Waals surface area contributed by atoms with E-state index in [0.717, 1.165) is 0 Å². The minimum absolute atomic E-state index is 0.000000000000000222. The van der Waals surface area contributed by atoms with Crippen molar-refractivity contribution in [2.45, 2.75) is 19.4 Å².